The Morgan fingerprint density at radius 3 is 2.67 bits per heavy atom. The van der Waals surface area contributed by atoms with Gasteiger partial charge in [0.25, 0.3) is 0 Å². The van der Waals surface area contributed by atoms with E-state index in [2.05, 4.69) is 28.2 Å². The molecule has 2 atom stereocenters. The molecule has 2 unspecified atom stereocenters. The first-order valence-corrected chi connectivity index (χ1v) is 7.53. The first-order chi connectivity index (χ1) is 11.6. The number of hydrogen-bond donors (Lipinski definition) is 4. The van der Waals surface area contributed by atoms with Gasteiger partial charge in [-0.25, -0.2) is 10.9 Å². The van der Waals surface area contributed by atoms with E-state index in [4.69, 9.17) is 21.4 Å². The number of hydrogen-bond acceptors (Lipinski definition) is 5. The van der Waals surface area contributed by atoms with Crippen molar-refractivity contribution in [1.82, 2.24) is 16.4 Å². The molecule has 0 radical (unpaired) electrons. The van der Waals surface area contributed by atoms with Gasteiger partial charge in [0.2, 0.25) is 0 Å². The summed E-state index contributed by atoms with van der Waals surface area (Å²) in [4.78, 5) is 11.1. The predicted octanol–water partition coefficient (Wildman–Crippen LogP) is 1.51. The van der Waals surface area contributed by atoms with Gasteiger partial charge in [-0.05, 0) is 30.3 Å². The van der Waals surface area contributed by atoms with Crippen LogP contribution >= 0.6 is 11.6 Å². The quantitative estimate of drug-likeness (QED) is 0.632. The molecular weight excluding hydrogens is 330 g/mol. The Balaban J connectivity index is 1.79. The van der Waals surface area contributed by atoms with Gasteiger partial charge < -0.3 is 9.84 Å². The largest absolute Gasteiger partial charge is 0.480 e. The average Bonchev–Trinajstić information content (AvgIpc) is 3.05. The van der Waals surface area contributed by atoms with E-state index in [0.29, 0.717) is 16.3 Å². The summed E-state index contributed by atoms with van der Waals surface area (Å²) in [6, 6.07) is 13.6. The van der Waals surface area contributed by atoms with Crippen LogP contribution < -0.4 is 21.1 Å². The number of aliphatic carboxylic acids is 1. The number of halogens is 1. The van der Waals surface area contributed by atoms with Crippen molar-refractivity contribution in [2.24, 2.45) is 0 Å². The van der Waals surface area contributed by atoms with E-state index >= 15 is 0 Å². The number of carboxylic acid groups (broad SMARTS) is 1. The average molecular weight is 344 g/mol. The van der Waals surface area contributed by atoms with Crippen molar-refractivity contribution < 1.29 is 14.6 Å². The van der Waals surface area contributed by atoms with Crippen LogP contribution in [0.15, 0.2) is 48.5 Å². The number of nitrogens with one attached hydrogen (secondary N) is 3. The molecule has 6 nitrogen and oxygen atoms in total. The van der Waals surface area contributed by atoms with Gasteiger partial charge in [0, 0.05) is 11.1 Å². The van der Waals surface area contributed by atoms with Crippen LogP contribution in [-0.2, 0) is 4.79 Å². The topological polar surface area (TPSA) is 82.6 Å². The third kappa shape index (κ3) is 3.85. The summed E-state index contributed by atoms with van der Waals surface area (Å²) in [6.45, 7) is 0. The Kier molecular flexibility index (Phi) is 4.99. The minimum absolute atomic E-state index is 0.464. The standard InChI is InChI=1S/C17H14ClN3O3/c18-14-9-8-13(24-16-15(17(22)23)19-21-20-16)10-12(14)7-6-11-4-2-1-3-5-11/h1-5,8-10,15-16,19-21H,(H,22,23). The molecule has 2 aromatic carbocycles. The number of benzene rings is 2. The molecule has 1 fully saturated rings. The van der Waals surface area contributed by atoms with Crippen LogP contribution in [-0.4, -0.2) is 23.3 Å². The van der Waals surface area contributed by atoms with Crippen molar-refractivity contribution >= 4 is 17.6 Å². The summed E-state index contributed by atoms with van der Waals surface area (Å²) < 4.78 is 5.65. The third-order valence-electron chi connectivity index (χ3n) is 3.33. The van der Waals surface area contributed by atoms with Gasteiger partial charge in [0.1, 0.15) is 5.75 Å². The summed E-state index contributed by atoms with van der Waals surface area (Å²) in [5.41, 5.74) is 9.26. The van der Waals surface area contributed by atoms with E-state index in [-0.39, 0.29) is 0 Å². The van der Waals surface area contributed by atoms with Crippen molar-refractivity contribution in [3.8, 4) is 17.6 Å². The van der Waals surface area contributed by atoms with Crippen molar-refractivity contribution in [2.45, 2.75) is 12.3 Å². The maximum Gasteiger partial charge on any atom is 0.327 e. The molecule has 1 aliphatic rings. The summed E-state index contributed by atoms with van der Waals surface area (Å²) in [7, 11) is 0. The van der Waals surface area contributed by atoms with Gasteiger partial charge in [-0.3, -0.25) is 4.79 Å². The highest BCUT2D eigenvalue weighted by Crippen LogP contribution is 2.22. The Morgan fingerprint density at radius 2 is 1.92 bits per heavy atom. The fourth-order valence-electron chi connectivity index (χ4n) is 2.12. The maximum atomic E-state index is 11.1. The second-order valence-corrected chi connectivity index (χ2v) is 5.43. The Morgan fingerprint density at radius 1 is 1.12 bits per heavy atom. The lowest BCUT2D eigenvalue weighted by atomic mass is 10.1. The summed E-state index contributed by atoms with van der Waals surface area (Å²) >= 11 is 6.17. The highest BCUT2D eigenvalue weighted by atomic mass is 35.5. The predicted molar refractivity (Wildman–Crippen MR) is 89.1 cm³/mol. The van der Waals surface area contributed by atoms with E-state index in [1.54, 1.807) is 18.2 Å². The molecular formula is C17H14ClN3O3. The molecule has 0 aliphatic carbocycles. The summed E-state index contributed by atoms with van der Waals surface area (Å²) in [5, 5.41) is 9.60. The van der Waals surface area contributed by atoms with E-state index in [1.807, 2.05) is 30.3 Å². The van der Waals surface area contributed by atoms with Gasteiger partial charge in [0.15, 0.2) is 12.3 Å². The SMILES string of the molecule is O=C(O)C1NNNC1Oc1ccc(Cl)c(C#Cc2ccccc2)c1. The van der Waals surface area contributed by atoms with Crippen molar-refractivity contribution in [3.05, 3.63) is 64.7 Å². The molecule has 24 heavy (non-hydrogen) atoms. The summed E-state index contributed by atoms with van der Waals surface area (Å²) in [5.74, 6) is 5.46. The molecule has 3 rings (SSSR count). The number of ether oxygens (including phenoxy) is 1. The Labute approximate surface area is 143 Å². The van der Waals surface area contributed by atoms with E-state index < -0.39 is 18.2 Å². The smallest absolute Gasteiger partial charge is 0.327 e. The highest BCUT2D eigenvalue weighted by Gasteiger charge is 2.34. The van der Waals surface area contributed by atoms with Gasteiger partial charge in [0.05, 0.1) is 5.02 Å². The Hall–Kier alpha value is -2.56. The Bertz CT molecular complexity index is 802. The van der Waals surface area contributed by atoms with E-state index in [1.165, 1.54) is 0 Å². The molecule has 0 bridgehead atoms. The highest BCUT2D eigenvalue weighted by molar-refractivity contribution is 6.31. The first-order valence-electron chi connectivity index (χ1n) is 7.15. The lowest BCUT2D eigenvalue weighted by molar-refractivity contribution is -0.141. The van der Waals surface area contributed by atoms with Crippen molar-refractivity contribution in [2.75, 3.05) is 0 Å². The monoisotopic (exact) mass is 343 g/mol. The molecule has 0 spiro atoms. The lowest BCUT2D eigenvalue weighted by Crippen LogP contribution is -2.44. The molecule has 0 amide bonds. The zero-order chi connectivity index (χ0) is 16.9. The number of rotatable bonds is 3. The third-order valence-corrected chi connectivity index (χ3v) is 3.66. The van der Waals surface area contributed by atoms with Crippen LogP contribution in [0.1, 0.15) is 11.1 Å². The van der Waals surface area contributed by atoms with Crippen LogP contribution in [0.2, 0.25) is 5.02 Å². The van der Waals surface area contributed by atoms with E-state index in [0.717, 1.165) is 5.56 Å². The van der Waals surface area contributed by atoms with Gasteiger partial charge in [-0.1, -0.05) is 41.6 Å². The van der Waals surface area contributed by atoms with E-state index in [9.17, 15) is 4.79 Å². The van der Waals surface area contributed by atoms with Crippen LogP contribution in [0.25, 0.3) is 0 Å². The molecule has 1 aliphatic heterocycles. The number of carbonyl (C=O) groups is 1. The number of hydrazine groups is 2. The molecule has 1 saturated heterocycles. The lowest BCUT2D eigenvalue weighted by Gasteiger charge is -2.16. The molecule has 122 valence electrons. The van der Waals surface area contributed by atoms with Crippen LogP contribution in [0.4, 0.5) is 0 Å². The van der Waals surface area contributed by atoms with Crippen molar-refractivity contribution in [3.63, 3.8) is 0 Å². The number of carboxylic acids is 1. The second-order valence-electron chi connectivity index (χ2n) is 5.03. The minimum atomic E-state index is -1.03. The molecule has 7 heteroatoms. The minimum Gasteiger partial charge on any atom is -0.480 e. The molecule has 0 aromatic heterocycles. The van der Waals surface area contributed by atoms with Crippen LogP contribution in [0, 0.1) is 11.8 Å². The zero-order valence-electron chi connectivity index (χ0n) is 12.4. The van der Waals surface area contributed by atoms with Gasteiger partial charge >= 0.3 is 5.97 Å². The molecule has 0 saturated carbocycles. The molecule has 4 N–H and O–H groups in total. The fourth-order valence-corrected chi connectivity index (χ4v) is 2.28. The zero-order valence-corrected chi connectivity index (χ0v) is 13.2. The maximum absolute atomic E-state index is 11.1. The van der Waals surface area contributed by atoms with Crippen LogP contribution in [0.3, 0.4) is 0 Å². The van der Waals surface area contributed by atoms with Gasteiger partial charge in [-0.15, -0.1) is 0 Å². The summed E-state index contributed by atoms with van der Waals surface area (Å²) in [6.07, 6.45) is -0.765. The fraction of sp³-hybridized carbons (Fsp3) is 0.118. The van der Waals surface area contributed by atoms with Crippen molar-refractivity contribution in [1.29, 1.82) is 0 Å². The first kappa shape index (κ1) is 16.3. The molecule has 1 heterocycles. The van der Waals surface area contributed by atoms with Crippen LogP contribution in [0.5, 0.6) is 5.75 Å². The van der Waals surface area contributed by atoms with Gasteiger partial charge in [-0.2, -0.15) is 5.53 Å². The second kappa shape index (κ2) is 7.34. The normalized spacial score (nSPS) is 19.4. The molecule has 2 aromatic rings.